The predicted molar refractivity (Wildman–Crippen MR) is 71.1 cm³/mol. The molecular formula is C12H15FN6O. The minimum atomic E-state index is -0.782. The van der Waals surface area contributed by atoms with Gasteiger partial charge in [-0.3, -0.25) is 9.48 Å². The van der Waals surface area contributed by atoms with Crippen molar-refractivity contribution in [3.05, 3.63) is 41.1 Å². The van der Waals surface area contributed by atoms with Gasteiger partial charge in [-0.15, -0.1) is 0 Å². The maximum atomic E-state index is 13.9. The minimum Gasteiger partial charge on any atom is -0.348 e. The molecule has 4 N–H and O–H groups in total. The third-order valence-corrected chi connectivity index (χ3v) is 2.83. The standard InChI is InChI=1S/C12H15FN6O/c1-7-8(6-19(2)18-7)5-16-12(20)9-3-4-15-11(17-14)10(9)13/h3-4,6H,5,14H2,1-2H3,(H,15,17)(H,16,20). The van der Waals surface area contributed by atoms with Crippen molar-refractivity contribution in [1.29, 1.82) is 0 Å². The van der Waals surface area contributed by atoms with Crippen LogP contribution >= 0.6 is 0 Å². The Bertz CT molecular complexity index is 639. The van der Waals surface area contributed by atoms with E-state index >= 15 is 0 Å². The molecule has 1 amide bonds. The SMILES string of the molecule is Cc1nn(C)cc1CNC(=O)c1ccnc(NN)c1F. The van der Waals surface area contributed by atoms with Gasteiger partial charge in [0.15, 0.2) is 11.6 Å². The van der Waals surface area contributed by atoms with Gasteiger partial charge in [-0.1, -0.05) is 0 Å². The molecule has 0 aliphatic rings. The predicted octanol–water partition coefficient (Wildman–Crippen LogP) is 0.478. The van der Waals surface area contributed by atoms with Crippen LogP contribution in [0.3, 0.4) is 0 Å². The number of anilines is 1. The molecule has 0 aliphatic heterocycles. The Kier molecular flexibility index (Phi) is 3.94. The van der Waals surface area contributed by atoms with Crippen molar-refractivity contribution >= 4 is 11.7 Å². The summed E-state index contributed by atoms with van der Waals surface area (Å²) in [6.07, 6.45) is 3.11. The molecule has 106 valence electrons. The molecule has 0 atom stereocenters. The van der Waals surface area contributed by atoms with E-state index in [1.165, 1.54) is 12.3 Å². The number of nitrogens with zero attached hydrogens (tertiary/aromatic N) is 3. The first-order chi connectivity index (χ1) is 9.52. The normalized spacial score (nSPS) is 10.4. The molecule has 0 saturated carbocycles. The summed E-state index contributed by atoms with van der Waals surface area (Å²) in [5, 5.41) is 6.79. The maximum Gasteiger partial charge on any atom is 0.254 e. The van der Waals surface area contributed by atoms with E-state index in [1.54, 1.807) is 17.9 Å². The largest absolute Gasteiger partial charge is 0.348 e. The molecule has 7 nitrogen and oxygen atoms in total. The van der Waals surface area contributed by atoms with Crippen molar-refractivity contribution in [2.75, 3.05) is 5.43 Å². The lowest BCUT2D eigenvalue weighted by molar-refractivity contribution is 0.0947. The smallest absolute Gasteiger partial charge is 0.254 e. The number of hydrazine groups is 1. The van der Waals surface area contributed by atoms with Gasteiger partial charge in [0.05, 0.1) is 11.3 Å². The molecule has 0 aromatic carbocycles. The van der Waals surface area contributed by atoms with Crippen LogP contribution in [0, 0.1) is 12.7 Å². The van der Waals surface area contributed by atoms with Crippen molar-refractivity contribution in [1.82, 2.24) is 20.1 Å². The molecule has 0 spiro atoms. The van der Waals surface area contributed by atoms with Gasteiger partial charge >= 0.3 is 0 Å². The van der Waals surface area contributed by atoms with Gasteiger partial charge in [0, 0.05) is 31.5 Å². The molecule has 2 heterocycles. The molecule has 0 aliphatic carbocycles. The first-order valence-corrected chi connectivity index (χ1v) is 5.91. The van der Waals surface area contributed by atoms with Crippen LogP contribution in [0.2, 0.25) is 0 Å². The fraction of sp³-hybridized carbons (Fsp3) is 0.250. The highest BCUT2D eigenvalue weighted by Gasteiger charge is 2.15. The summed E-state index contributed by atoms with van der Waals surface area (Å²) in [5.41, 5.74) is 3.66. The van der Waals surface area contributed by atoms with E-state index in [0.717, 1.165) is 11.3 Å². The van der Waals surface area contributed by atoms with Crippen molar-refractivity contribution in [2.24, 2.45) is 12.9 Å². The highest BCUT2D eigenvalue weighted by Crippen LogP contribution is 2.14. The molecule has 0 unspecified atom stereocenters. The number of carbonyl (C=O) groups is 1. The third-order valence-electron chi connectivity index (χ3n) is 2.83. The zero-order valence-corrected chi connectivity index (χ0v) is 11.1. The van der Waals surface area contributed by atoms with Crippen LogP contribution in [-0.4, -0.2) is 20.7 Å². The van der Waals surface area contributed by atoms with Gasteiger partial charge in [-0.25, -0.2) is 15.2 Å². The number of aryl methyl sites for hydroxylation is 2. The molecule has 2 aromatic rings. The maximum absolute atomic E-state index is 13.9. The number of aromatic nitrogens is 3. The number of pyridine rings is 1. The van der Waals surface area contributed by atoms with Crippen LogP contribution in [0.25, 0.3) is 0 Å². The number of hydrogen-bond acceptors (Lipinski definition) is 5. The quantitative estimate of drug-likeness (QED) is 0.558. The Labute approximate surface area is 115 Å². The van der Waals surface area contributed by atoms with Gasteiger partial charge in [-0.2, -0.15) is 5.10 Å². The van der Waals surface area contributed by atoms with E-state index in [4.69, 9.17) is 5.84 Å². The summed E-state index contributed by atoms with van der Waals surface area (Å²) in [4.78, 5) is 15.6. The van der Waals surface area contributed by atoms with E-state index in [0.29, 0.717) is 0 Å². The van der Waals surface area contributed by atoms with E-state index in [9.17, 15) is 9.18 Å². The Morgan fingerprint density at radius 1 is 1.55 bits per heavy atom. The molecule has 2 aromatic heterocycles. The highest BCUT2D eigenvalue weighted by atomic mass is 19.1. The minimum absolute atomic E-state index is 0.116. The average molecular weight is 278 g/mol. The number of halogens is 1. The first kappa shape index (κ1) is 13.9. The lowest BCUT2D eigenvalue weighted by atomic mass is 10.2. The van der Waals surface area contributed by atoms with Crippen LogP contribution in [0.1, 0.15) is 21.6 Å². The lowest BCUT2D eigenvalue weighted by Crippen LogP contribution is -2.25. The summed E-state index contributed by atoms with van der Waals surface area (Å²) in [6, 6.07) is 1.29. The molecule has 0 fully saturated rings. The molecule has 0 saturated heterocycles. The van der Waals surface area contributed by atoms with Crippen molar-refractivity contribution in [3.63, 3.8) is 0 Å². The Hall–Kier alpha value is -2.48. The van der Waals surface area contributed by atoms with Gasteiger partial charge in [0.1, 0.15) is 0 Å². The topological polar surface area (TPSA) is 97.9 Å². The average Bonchev–Trinajstić information content (AvgIpc) is 2.74. The Balaban J connectivity index is 2.11. The van der Waals surface area contributed by atoms with Gasteiger partial charge in [-0.05, 0) is 13.0 Å². The number of amides is 1. The zero-order valence-electron chi connectivity index (χ0n) is 11.1. The number of nitrogens with two attached hydrogens (primary N) is 1. The van der Waals surface area contributed by atoms with Crippen molar-refractivity contribution < 1.29 is 9.18 Å². The summed E-state index contributed by atoms with van der Waals surface area (Å²) < 4.78 is 15.5. The number of nitrogen functional groups attached to an aromatic ring is 1. The first-order valence-electron chi connectivity index (χ1n) is 5.91. The lowest BCUT2D eigenvalue weighted by Gasteiger charge is -2.07. The van der Waals surface area contributed by atoms with Crippen LogP contribution in [0.15, 0.2) is 18.5 Å². The number of rotatable bonds is 4. The third kappa shape index (κ3) is 2.75. The molecule has 2 rings (SSSR count). The summed E-state index contributed by atoms with van der Waals surface area (Å²) >= 11 is 0. The summed E-state index contributed by atoms with van der Waals surface area (Å²) in [6.45, 7) is 2.11. The van der Waals surface area contributed by atoms with Crippen molar-refractivity contribution in [2.45, 2.75) is 13.5 Å². The fourth-order valence-corrected chi connectivity index (χ4v) is 1.81. The van der Waals surface area contributed by atoms with Crippen LogP contribution in [0.5, 0.6) is 0 Å². The Morgan fingerprint density at radius 2 is 2.30 bits per heavy atom. The number of nitrogens with one attached hydrogen (secondary N) is 2. The molecule has 20 heavy (non-hydrogen) atoms. The molecule has 8 heteroatoms. The second kappa shape index (κ2) is 5.66. The van der Waals surface area contributed by atoms with Gasteiger partial charge in [0.25, 0.3) is 5.91 Å². The van der Waals surface area contributed by atoms with E-state index in [-0.39, 0.29) is 17.9 Å². The van der Waals surface area contributed by atoms with Crippen LogP contribution in [0.4, 0.5) is 10.2 Å². The fourth-order valence-electron chi connectivity index (χ4n) is 1.81. The van der Waals surface area contributed by atoms with E-state index in [1.807, 2.05) is 6.92 Å². The monoisotopic (exact) mass is 278 g/mol. The van der Waals surface area contributed by atoms with Crippen LogP contribution in [-0.2, 0) is 13.6 Å². The number of hydrogen-bond donors (Lipinski definition) is 3. The summed E-state index contributed by atoms with van der Waals surface area (Å²) in [7, 11) is 1.79. The second-order valence-corrected chi connectivity index (χ2v) is 4.26. The van der Waals surface area contributed by atoms with Gasteiger partial charge in [0.2, 0.25) is 0 Å². The molecular weight excluding hydrogens is 263 g/mol. The van der Waals surface area contributed by atoms with Gasteiger partial charge < -0.3 is 10.7 Å². The Morgan fingerprint density at radius 3 is 2.90 bits per heavy atom. The van der Waals surface area contributed by atoms with E-state index < -0.39 is 11.7 Å². The van der Waals surface area contributed by atoms with Crippen LogP contribution < -0.4 is 16.6 Å². The second-order valence-electron chi connectivity index (χ2n) is 4.26. The van der Waals surface area contributed by atoms with E-state index in [2.05, 4.69) is 20.8 Å². The number of carbonyl (C=O) groups excluding carboxylic acids is 1. The highest BCUT2D eigenvalue weighted by molar-refractivity contribution is 5.95. The zero-order chi connectivity index (χ0) is 14.7. The summed E-state index contributed by atoms with van der Waals surface area (Å²) in [5.74, 6) is 3.62. The molecule has 0 radical (unpaired) electrons. The molecule has 0 bridgehead atoms. The van der Waals surface area contributed by atoms with Crippen molar-refractivity contribution in [3.8, 4) is 0 Å².